The van der Waals surface area contributed by atoms with Crippen LogP contribution < -0.4 is 5.32 Å². The number of hydrogen-bond donors (Lipinski definition) is 1. The van der Waals surface area contributed by atoms with Gasteiger partial charge in [0.2, 0.25) is 11.7 Å². The lowest BCUT2D eigenvalue weighted by atomic mass is 10.2. The van der Waals surface area contributed by atoms with Gasteiger partial charge < -0.3 is 5.32 Å². The van der Waals surface area contributed by atoms with Crippen LogP contribution in [0.1, 0.15) is 0 Å². The summed E-state index contributed by atoms with van der Waals surface area (Å²) in [4.78, 5) is 13.2. The van der Waals surface area contributed by atoms with Crippen LogP contribution in [0.3, 0.4) is 0 Å². The summed E-state index contributed by atoms with van der Waals surface area (Å²) in [5, 5.41) is 15.3. The number of tetrazole rings is 1. The van der Waals surface area contributed by atoms with Gasteiger partial charge in [-0.25, -0.2) is 0 Å². The lowest BCUT2D eigenvalue weighted by Gasteiger charge is -2.04. The number of carbonyl (C=O) groups is 1. The van der Waals surface area contributed by atoms with E-state index in [0.717, 1.165) is 10.0 Å². The summed E-state index contributed by atoms with van der Waals surface area (Å²) in [6.07, 6.45) is 0. The molecule has 0 fully saturated rings. The number of aromatic nitrogens is 4. The zero-order chi connectivity index (χ0) is 16.2. The highest BCUT2D eigenvalue weighted by molar-refractivity contribution is 9.10. The maximum atomic E-state index is 12.0. The standard InChI is InChI=1S/C15H11BrClN5O/c16-11-6-4-10(5-7-11)15-19-21-22(20-15)9-14(23)18-13-3-1-2-12(17)8-13/h1-8H,9H2,(H,18,23). The quantitative estimate of drug-likeness (QED) is 0.738. The Morgan fingerprint density at radius 2 is 2.00 bits per heavy atom. The van der Waals surface area contributed by atoms with Crippen LogP contribution in [0.5, 0.6) is 0 Å². The van der Waals surface area contributed by atoms with Crippen molar-refractivity contribution in [2.75, 3.05) is 5.32 Å². The van der Waals surface area contributed by atoms with Crippen molar-refractivity contribution < 1.29 is 4.79 Å². The Kier molecular flexibility index (Phi) is 4.68. The zero-order valence-corrected chi connectivity index (χ0v) is 14.1. The summed E-state index contributed by atoms with van der Waals surface area (Å²) >= 11 is 9.24. The molecule has 6 nitrogen and oxygen atoms in total. The second-order valence-corrected chi connectivity index (χ2v) is 6.06. The summed E-state index contributed by atoms with van der Waals surface area (Å²) in [5.41, 5.74) is 1.45. The lowest BCUT2D eigenvalue weighted by molar-refractivity contribution is -0.117. The highest BCUT2D eigenvalue weighted by Crippen LogP contribution is 2.17. The molecule has 1 heterocycles. The summed E-state index contributed by atoms with van der Waals surface area (Å²) in [6, 6.07) is 14.4. The molecule has 8 heteroatoms. The van der Waals surface area contributed by atoms with Gasteiger partial charge in [0.25, 0.3) is 0 Å². The van der Waals surface area contributed by atoms with Gasteiger partial charge in [-0.3, -0.25) is 4.79 Å². The van der Waals surface area contributed by atoms with Crippen molar-refractivity contribution in [3.8, 4) is 11.4 Å². The van der Waals surface area contributed by atoms with Crippen LogP contribution >= 0.6 is 27.5 Å². The van der Waals surface area contributed by atoms with E-state index in [9.17, 15) is 4.79 Å². The van der Waals surface area contributed by atoms with E-state index in [0.29, 0.717) is 16.5 Å². The fourth-order valence-electron chi connectivity index (χ4n) is 1.92. The number of nitrogens with one attached hydrogen (secondary N) is 1. The largest absolute Gasteiger partial charge is 0.324 e. The average Bonchev–Trinajstić information content (AvgIpc) is 2.96. The highest BCUT2D eigenvalue weighted by Gasteiger charge is 2.09. The van der Waals surface area contributed by atoms with Crippen molar-refractivity contribution >= 4 is 39.1 Å². The Labute approximate surface area is 145 Å². The minimum absolute atomic E-state index is 0.0317. The fourth-order valence-corrected chi connectivity index (χ4v) is 2.37. The molecule has 1 N–H and O–H groups in total. The number of hydrogen-bond acceptors (Lipinski definition) is 4. The lowest BCUT2D eigenvalue weighted by Crippen LogP contribution is -2.20. The monoisotopic (exact) mass is 391 g/mol. The molecule has 23 heavy (non-hydrogen) atoms. The number of anilines is 1. The second kappa shape index (κ2) is 6.89. The van der Waals surface area contributed by atoms with Gasteiger partial charge in [0.15, 0.2) is 0 Å². The van der Waals surface area contributed by atoms with Crippen molar-refractivity contribution in [2.45, 2.75) is 6.54 Å². The number of amides is 1. The van der Waals surface area contributed by atoms with Gasteiger partial charge in [0.05, 0.1) is 0 Å². The summed E-state index contributed by atoms with van der Waals surface area (Å²) in [7, 11) is 0. The third kappa shape index (κ3) is 4.14. The van der Waals surface area contributed by atoms with Crippen LogP contribution in [0.15, 0.2) is 53.0 Å². The molecule has 0 saturated heterocycles. The number of benzene rings is 2. The first-order valence-electron chi connectivity index (χ1n) is 6.69. The van der Waals surface area contributed by atoms with E-state index < -0.39 is 0 Å². The SMILES string of the molecule is O=C(Cn1nnc(-c2ccc(Br)cc2)n1)Nc1cccc(Cl)c1. The molecule has 0 spiro atoms. The van der Waals surface area contributed by atoms with Gasteiger partial charge in [-0.15, -0.1) is 10.2 Å². The van der Waals surface area contributed by atoms with E-state index in [4.69, 9.17) is 11.6 Å². The zero-order valence-electron chi connectivity index (χ0n) is 11.8. The molecule has 0 bridgehead atoms. The third-order valence-electron chi connectivity index (χ3n) is 2.95. The van der Waals surface area contributed by atoms with E-state index in [2.05, 4.69) is 36.7 Å². The molecule has 1 amide bonds. The van der Waals surface area contributed by atoms with Crippen LogP contribution in [0.4, 0.5) is 5.69 Å². The maximum Gasteiger partial charge on any atom is 0.248 e. The van der Waals surface area contributed by atoms with E-state index in [1.54, 1.807) is 24.3 Å². The number of rotatable bonds is 4. The smallest absolute Gasteiger partial charge is 0.248 e. The van der Waals surface area contributed by atoms with Crippen LogP contribution in [-0.4, -0.2) is 26.1 Å². The van der Waals surface area contributed by atoms with Crippen molar-refractivity contribution in [2.24, 2.45) is 0 Å². The summed E-state index contributed by atoms with van der Waals surface area (Å²) in [5.74, 6) is 0.208. The minimum Gasteiger partial charge on any atom is -0.324 e. The molecule has 0 aliphatic heterocycles. The molecular formula is C15H11BrClN5O. The van der Waals surface area contributed by atoms with E-state index in [-0.39, 0.29) is 12.5 Å². The van der Waals surface area contributed by atoms with Gasteiger partial charge in [0, 0.05) is 20.7 Å². The van der Waals surface area contributed by atoms with Gasteiger partial charge >= 0.3 is 0 Å². The Morgan fingerprint density at radius 3 is 2.74 bits per heavy atom. The van der Waals surface area contributed by atoms with Crippen molar-refractivity contribution in [3.63, 3.8) is 0 Å². The minimum atomic E-state index is -0.257. The Balaban J connectivity index is 1.66. The van der Waals surface area contributed by atoms with Crippen molar-refractivity contribution in [3.05, 3.63) is 58.0 Å². The highest BCUT2D eigenvalue weighted by atomic mass is 79.9. The van der Waals surface area contributed by atoms with Crippen LogP contribution in [-0.2, 0) is 11.3 Å². The Morgan fingerprint density at radius 1 is 1.22 bits per heavy atom. The predicted octanol–water partition coefficient (Wildman–Crippen LogP) is 3.39. The number of carbonyl (C=O) groups excluding carboxylic acids is 1. The molecule has 0 radical (unpaired) electrons. The maximum absolute atomic E-state index is 12.0. The Hall–Kier alpha value is -2.25. The molecule has 116 valence electrons. The predicted molar refractivity (Wildman–Crippen MR) is 91.0 cm³/mol. The molecule has 0 atom stereocenters. The number of halogens is 2. The van der Waals surface area contributed by atoms with E-state index in [1.807, 2.05) is 24.3 Å². The molecule has 0 aliphatic rings. The van der Waals surface area contributed by atoms with Gasteiger partial charge in [-0.1, -0.05) is 33.6 Å². The first kappa shape index (κ1) is 15.6. The number of nitrogens with zero attached hydrogens (tertiary/aromatic N) is 4. The second-order valence-electron chi connectivity index (χ2n) is 4.71. The van der Waals surface area contributed by atoms with Gasteiger partial charge in [-0.05, 0) is 47.7 Å². The molecular weight excluding hydrogens is 382 g/mol. The van der Waals surface area contributed by atoms with E-state index in [1.165, 1.54) is 4.80 Å². The van der Waals surface area contributed by atoms with Gasteiger partial charge in [-0.2, -0.15) is 4.80 Å². The fraction of sp³-hybridized carbons (Fsp3) is 0.0667. The van der Waals surface area contributed by atoms with Crippen LogP contribution in [0, 0.1) is 0 Å². The normalized spacial score (nSPS) is 10.5. The molecule has 0 unspecified atom stereocenters. The summed E-state index contributed by atoms with van der Waals surface area (Å²) < 4.78 is 0.967. The Bertz CT molecular complexity index is 834. The van der Waals surface area contributed by atoms with Crippen LogP contribution in [0.25, 0.3) is 11.4 Å². The topological polar surface area (TPSA) is 72.7 Å². The average molecular weight is 393 g/mol. The molecule has 3 rings (SSSR count). The van der Waals surface area contributed by atoms with Crippen molar-refractivity contribution in [1.82, 2.24) is 20.2 Å². The molecule has 0 saturated carbocycles. The molecule has 0 aliphatic carbocycles. The molecule has 2 aromatic carbocycles. The first-order valence-corrected chi connectivity index (χ1v) is 7.86. The van der Waals surface area contributed by atoms with E-state index >= 15 is 0 Å². The molecule has 3 aromatic rings. The van der Waals surface area contributed by atoms with Gasteiger partial charge in [0.1, 0.15) is 6.54 Å². The summed E-state index contributed by atoms with van der Waals surface area (Å²) in [6.45, 7) is -0.0317. The van der Waals surface area contributed by atoms with Crippen molar-refractivity contribution in [1.29, 1.82) is 0 Å². The third-order valence-corrected chi connectivity index (χ3v) is 3.71. The molecule has 1 aromatic heterocycles. The van der Waals surface area contributed by atoms with Crippen LogP contribution in [0.2, 0.25) is 5.02 Å². The first-order chi connectivity index (χ1) is 11.1.